The number of carbonyl (C=O) groups excluding carboxylic acids is 1. The zero-order valence-electron chi connectivity index (χ0n) is 11.3. The minimum absolute atomic E-state index is 0.0848. The predicted molar refractivity (Wildman–Crippen MR) is 85.6 cm³/mol. The lowest BCUT2D eigenvalue weighted by molar-refractivity contribution is -0.152. The minimum atomic E-state index is 0.0848. The SMILES string of the molecule is COc1cc(CN(O)C=O)cc(I)c1Oc1ccccc1. The number of amides is 1. The predicted octanol–water partition coefficient (Wildman–Crippen LogP) is 3.44. The van der Waals surface area contributed by atoms with Crippen molar-refractivity contribution in [3.8, 4) is 17.2 Å². The molecule has 0 radical (unpaired) electrons. The molecule has 0 spiro atoms. The number of hydrogen-bond acceptors (Lipinski definition) is 4. The molecule has 1 amide bonds. The second-order valence-corrected chi connectivity index (χ2v) is 5.39. The minimum Gasteiger partial charge on any atom is -0.493 e. The van der Waals surface area contributed by atoms with Crippen LogP contribution in [0.15, 0.2) is 42.5 Å². The number of carbonyl (C=O) groups is 1. The normalized spacial score (nSPS) is 10.0. The highest BCUT2D eigenvalue weighted by atomic mass is 127. The van der Waals surface area contributed by atoms with Crippen molar-refractivity contribution in [1.29, 1.82) is 0 Å². The molecule has 0 saturated heterocycles. The van der Waals surface area contributed by atoms with E-state index in [-0.39, 0.29) is 6.54 Å². The molecule has 0 aliphatic heterocycles. The summed E-state index contributed by atoms with van der Waals surface area (Å²) >= 11 is 2.13. The van der Waals surface area contributed by atoms with E-state index < -0.39 is 0 Å². The first-order chi connectivity index (χ1) is 10.1. The van der Waals surface area contributed by atoms with Gasteiger partial charge in [-0.15, -0.1) is 0 Å². The molecule has 0 unspecified atom stereocenters. The van der Waals surface area contributed by atoms with Crippen LogP contribution >= 0.6 is 22.6 Å². The van der Waals surface area contributed by atoms with Crippen molar-refractivity contribution in [1.82, 2.24) is 5.06 Å². The van der Waals surface area contributed by atoms with Gasteiger partial charge in [-0.3, -0.25) is 10.0 Å². The molecule has 0 fully saturated rings. The molecule has 0 heterocycles. The van der Waals surface area contributed by atoms with Gasteiger partial charge in [-0.2, -0.15) is 0 Å². The van der Waals surface area contributed by atoms with Gasteiger partial charge in [0, 0.05) is 0 Å². The highest BCUT2D eigenvalue weighted by Gasteiger charge is 2.13. The first-order valence-electron chi connectivity index (χ1n) is 6.14. The van der Waals surface area contributed by atoms with E-state index in [9.17, 15) is 10.0 Å². The van der Waals surface area contributed by atoms with Crippen LogP contribution in [-0.2, 0) is 11.3 Å². The summed E-state index contributed by atoms with van der Waals surface area (Å²) in [7, 11) is 1.55. The molecular weight excluding hydrogens is 385 g/mol. The van der Waals surface area contributed by atoms with Crippen molar-refractivity contribution in [2.75, 3.05) is 7.11 Å². The molecule has 0 aliphatic rings. The number of benzene rings is 2. The Bertz CT molecular complexity index is 619. The topological polar surface area (TPSA) is 59.0 Å². The maximum Gasteiger partial charge on any atom is 0.233 e. The van der Waals surface area contributed by atoms with E-state index in [1.807, 2.05) is 36.4 Å². The zero-order valence-corrected chi connectivity index (χ0v) is 13.5. The monoisotopic (exact) mass is 399 g/mol. The molecule has 21 heavy (non-hydrogen) atoms. The highest BCUT2D eigenvalue weighted by Crippen LogP contribution is 2.37. The molecule has 110 valence electrons. The van der Waals surface area contributed by atoms with Gasteiger partial charge < -0.3 is 9.47 Å². The molecule has 0 aromatic heterocycles. The van der Waals surface area contributed by atoms with Crippen LogP contribution in [0.1, 0.15) is 5.56 Å². The number of ether oxygens (including phenoxy) is 2. The fourth-order valence-electron chi connectivity index (χ4n) is 1.79. The van der Waals surface area contributed by atoms with E-state index in [0.29, 0.717) is 28.7 Å². The van der Waals surface area contributed by atoms with Gasteiger partial charge in [0.1, 0.15) is 5.75 Å². The molecule has 5 nitrogen and oxygen atoms in total. The lowest BCUT2D eigenvalue weighted by Gasteiger charge is -2.15. The first kappa shape index (κ1) is 15.6. The van der Waals surface area contributed by atoms with E-state index >= 15 is 0 Å². The van der Waals surface area contributed by atoms with Crippen molar-refractivity contribution in [3.05, 3.63) is 51.6 Å². The van der Waals surface area contributed by atoms with E-state index in [1.54, 1.807) is 13.2 Å². The van der Waals surface area contributed by atoms with Crippen LogP contribution in [0, 0.1) is 3.57 Å². The third-order valence-electron chi connectivity index (χ3n) is 2.72. The largest absolute Gasteiger partial charge is 0.493 e. The van der Waals surface area contributed by atoms with Crippen LogP contribution in [0.4, 0.5) is 0 Å². The van der Waals surface area contributed by atoms with Crippen molar-refractivity contribution in [3.63, 3.8) is 0 Å². The lowest BCUT2D eigenvalue weighted by Crippen LogP contribution is -2.16. The molecule has 0 saturated carbocycles. The van der Waals surface area contributed by atoms with Crippen molar-refractivity contribution in [2.45, 2.75) is 6.54 Å². The number of hydroxylamine groups is 2. The van der Waals surface area contributed by atoms with Gasteiger partial charge in [0.05, 0.1) is 17.2 Å². The number of methoxy groups -OCH3 is 1. The zero-order chi connectivity index (χ0) is 15.2. The van der Waals surface area contributed by atoms with Crippen molar-refractivity contribution < 1.29 is 19.5 Å². The van der Waals surface area contributed by atoms with Gasteiger partial charge >= 0.3 is 0 Å². The Kier molecular flexibility index (Phi) is 5.40. The van der Waals surface area contributed by atoms with Gasteiger partial charge in [0.25, 0.3) is 0 Å². The number of para-hydroxylation sites is 1. The van der Waals surface area contributed by atoms with Gasteiger partial charge in [-0.25, -0.2) is 5.06 Å². The maximum atomic E-state index is 10.5. The summed E-state index contributed by atoms with van der Waals surface area (Å²) in [6, 6.07) is 12.9. The van der Waals surface area contributed by atoms with Crippen LogP contribution < -0.4 is 9.47 Å². The fraction of sp³-hybridized carbons (Fsp3) is 0.133. The summed E-state index contributed by atoms with van der Waals surface area (Å²) in [5, 5.41) is 9.83. The quantitative estimate of drug-likeness (QED) is 0.350. The lowest BCUT2D eigenvalue weighted by atomic mass is 10.2. The smallest absolute Gasteiger partial charge is 0.233 e. The van der Waals surface area contributed by atoms with Gasteiger partial charge in [0.15, 0.2) is 11.5 Å². The maximum absolute atomic E-state index is 10.5. The third kappa shape index (κ3) is 4.08. The average Bonchev–Trinajstić information content (AvgIpc) is 2.50. The van der Waals surface area contributed by atoms with E-state index in [1.165, 1.54) is 0 Å². The second-order valence-electron chi connectivity index (χ2n) is 4.23. The Labute approximate surface area is 136 Å². The fourth-order valence-corrected chi connectivity index (χ4v) is 2.57. The van der Waals surface area contributed by atoms with E-state index in [0.717, 1.165) is 9.13 Å². The molecule has 6 heteroatoms. The Morgan fingerprint density at radius 2 is 2.00 bits per heavy atom. The van der Waals surface area contributed by atoms with Gasteiger partial charge in [-0.1, -0.05) is 18.2 Å². The second kappa shape index (κ2) is 7.28. The molecule has 0 atom stereocenters. The van der Waals surface area contributed by atoms with Crippen molar-refractivity contribution >= 4 is 29.0 Å². The van der Waals surface area contributed by atoms with Crippen LogP contribution in [0.2, 0.25) is 0 Å². The first-order valence-corrected chi connectivity index (χ1v) is 7.22. The molecular formula is C15H14INO4. The molecule has 0 aliphatic carbocycles. The Hall–Kier alpha value is -1.80. The molecule has 0 bridgehead atoms. The van der Waals surface area contributed by atoms with Crippen molar-refractivity contribution in [2.24, 2.45) is 0 Å². The number of nitrogens with zero attached hydrogens (tertiary/aromatic N) is 1. The molecule has 1 N–H and O–H groups in total. The van der Waals surface area contributed by atoms with E-state index in [2.05, 4.69) is 22.6 Å². The standard InChI is InChI=1S/C15H14INO4/c1-20-14-8-11(9-17(19)10-18)7-13(16)15(14)21-12-5-3-2-4-6-12/h2-8,10,19H,9H2,1H3. The summed E-state index contributed by atoms with van der Waals surface area (Å²) in [5.41, 5.74) is 0.742. The van der Waals surface area contributed by atoms with Gasteiger partial charge in [0.2, 0.25) is 6.41 Å². The van der Waals surface area contributed by atoms with Crippen LogP contribution in [0.5, 0.6) is 17.2 Å². The van der Waals surface area contributed by atoms with E-state index in [4.69, 9.17) is 9.47 Å². The Morgan fingerprint density at radius 3 is 2.62 bits per heavy atom. The summed E-state index contributed by atoms with van der Waals surface area (Å²) in [6.07, 6.45) is 0.355. The summed E-state index contributed by atoms with van der Waals surface area (Å²) in [6.45, 7) is 0.0848. The summed E-state index contributed by atoms with van der Waals surface area (Å²) in [5.74, 6) is 1.85. The highest BCUT2D eigenvalue weighted by molar-refractivity contribution is 14.1. The molecule has 2 rings (SSSR count). The Morgan fingerprint density at radius 1 is 1.29 bits per heavy atom. The molecule has 2 aromatic rings. The van der Waals surface area contributed by atoms with Crippen LogP contribution in [0.3, 0.4) is 0 Å². The number of hydrogen-bond donors (Lipinski definition) is 1. The van der Waals surface area contributed by atoms with Crippen LogP contribution in [-0.4, -0.2) is 23.8 Å². The third-order valence-corrected chi connectivity index (χ3v) is 3.52. The molecule has 2 aromatic carbocycles. The van der Waals surface area contributed by atoms with Crippen LogP contribution in [0.25, 0.3) is 0 Å². The Balaban J connectivity index is 2.31. The average molecular weight is 399 g/mol. The van der Waals surface area contributed by atoms with Gasteiger partial charge in [-0.05, 0) is 52.4 Å². The number of rotatable bonds is 6. The summed E-state index contributed by atoms with van der Waals surface area (Å²) < 4.78 is 12.0. The summed E-state index contributed by atoms with van der Waals surface area (Å²) in [4.78, 5) is 10.5. The number of halogens is 1.